The molecule has 0 spiro atoms. The lowest BCUT2D eigenvalue weighted by molar-refractivity contribution is 0.103. The summed E-state index contributed by atoms with van der Waals surface area (Å²) in [7, 11) is 0. The normalized spacial score (nSPS) is 10.4. The summed E-state index contributed by atoms with van der Waals surface area (Å²) in [4.78, 5) is 14.7. The van der Waals surface area contributed by atoms with E-state index >= 15 is 0 Å². The van der Waals surface area contributed by atoms with Gasteiger partial charge in [-0.15, -0.1) is 23.2 Å². The summed E-state index contributed by atoms with van der Waals surface area (Å²) < 4.78 is 0. The molecule has 2 rings (SSSR count). The van der Waals surface area contributed by atoms with Crippen molar-refractivity contribution < 1.29 is 4.79 Å². The smallest absolute Gasteiger partial charge is 0.195 e. The second-order valence-electron chi connectivity index (χ2n) is 4.58. The van der Waals surface area contributed by atoms with E-state index in [1.807, 2.05) is 54.6 Å². The molecular formula is C17H17Cl2NO. The van der Waals surface area contributed by atoms with Gasteiger partial charge in [-0.2, -0.15) is 0 Å². The molecule has 0 saturated carbocycles. The monoisotopic (exact) mass is 321 g/mol. The predicted molar refractivity (Wildman–Crippen MR) is 90.0 cm³/mol. The summed E-state index contributed by atoms with van der Waals surface area (Å²) in [5, 5.41) is 0. The molecule has 0 fully saturated rings. The molecule has 21 heavy (non-hydrogen) atoms. The Morgan fingerprint density at radius 2 is 1.43 bits per heavy atom. The molecule has 0 bridgehead atoms. The van der Waals surface area contributed by atoms with E-state index < -0.39 is 0 Å². The molecule has 0 atom stereocenters. The first kappa shape index (κ1) is 15.9. The van der Waals surface area contributed by atoms with Crippen LogP contribution in [0.3, 0.4) is 0 Å². The Labute approximate surface area is 135 Å². The number of rotatable bonds is 7. The molecular weight excluding hydrogens is 305 g/mol. The number of hydrogen-bond acceptors (Lipinski definition) is 2. The maximum atomic E-state index is 12.7. The van der Waals surface area contributed by atoms with Crippen molar-refractivity contribution in [1.82, 2.24) is 0 Å². The van der Waals surface area contributed by atoms with Crippen LogP contribution in [0.25, 0.3) is 0 Å². The maximum absolute atomic E-state index is 12.7. The zero-order valence-corrected chi connectivity index (χ0v) is 13.1. The molecule has 0 aliphatic rings. The minimum absolute atomic E-state index is 0.0142. The summed E-state index contributed by atoms with van der Waals surface area (Å²) in [6.07, 6.45) is 0. The SMILES string of the molecule is O=C(c1ccccc1)c1ccccc1N(CCCl)CCCl. The third kappa shape index (κ3) is 3.99. The van der Waals surface area contributed by atoms with Gasteiger partial charge in [-0.1, -0.05) is 42.5 Å². The second kappa shape index (κ2) is 8.06. The summed E-state index contributed by atoms with van der Waals surface area (Å²) in [5.41, 5.74) is 2.24. The van der Waals surface area contributed by atoms with Gasteiger partial charge in [0.1, 0.15) is 0 Å². The maximum Gasteiger partial charge on any atom is 0.195 e. The van der Waals surface area contributed by atoms with E-state index in [-0.39, 0.29) is 5.78 Å². The highest BCUT2D eigenvalue weighted by Crippen LogP contribution is 2.23. The molecule has 2 nitrogen and oxygen atoms in total. The first-order valence-electron chi connectivity index (χ1n) is 6.83. The van der Waals surface area contributed by atoms with Gasteiger partial charge in [0.05, 0.1) is 0 Å². The number of carbonyl (C=O) groups excluding carboxylic acids is 1. The Morgan fingerprint density at radius 1 is 0.857 bits per heavy atom. The molecule has 0 unspecified atom stereocenters. The van der Waals surface area contributed by atoms with E-state index in [9.17, 15) is 4.79 Å². The van der Waals surface area contributed by atoms with Crippen LogP contribution in [0, 0.1) is 0 Å². The van der Waals surface area contributed by atoms with Crippen LogP contribution in [0.15, 0.2) is 54.6 Å². The van der Waals surface area contributed by atoms with E-state index in [1.54, 1.807) is 0 Å². The van der Waals surface area contributed by atoms with Gasteiger partial charge >= 0.3 is 0 Å². The number of para-hydroxylation sites is 1. The number of anilines is 1. The van der Waals surface area contributed by atoms with Gasteiger partial charge in [-0.05, 0) is 12.1 Å². The number of alkyl halides is 2. The van der Waals surface area contributed by atoms with Crippen molar-refractivity contribution in [3.8, 4) is 0 Å². The standard InChI is InChI=1S/C17H17Cl2NO/c18-10-12-20(13-11-19)16-9-5-4-8-15(16)17(21)14-6-2-1-3-7-14/h1-9H,10-13H2. The molecule has 0 aliphatic carbocycles. The fourth-order valence-corrected chi connectivity index (χ4v) is 2.65. The minimum Gasteiger partial charge on any atom is -0.369 e. The third-order valence-corrected chi connectivity index (χ3v) is 3.57. The number of halogens is 2. The summed E-state index contributed by atoms with van der Waals surface area (Å²) in [6, 6.07) is 16.9. The molecule has 0 aromatic heterocycles. The van der Waals surface area contributed by atoms with Crippen LogP contribution < -0.4 is 4.90 Å². The van der Waals surface area contributed by atoms with E-state index in [1.165, 1.54) is 0 Å². The van der Waals surface area contributed by atoms with E-state index in [0.29, 0.717) is 36.0 Å². The van der Waals surface area contributed by atoms with Crippen molar-refractivity contribution in [3.63, 3.8) is 0 Å². The Kier molecular flexibility index (Phi) is 6.09. The van der Waals surface area contributed by atoms with Crippen molar-refractivity contribution in [2.24, 2.45) is 0 Å². The molecule has 0 amide bonds. The summed E-state index contributed by atoms with van der Waals surface area (Å²) in [5.74, 6) is 0.996. The number of ketones is 1. The second-order valence-corrected chi connectivity index (χ2v) is 5.33. The van der Waals surface area contributed by atoms with Crippen LogP contribution in [0.5, 0.6) is 0 Å². The van der Waals surface area contributed by atoms with Crippen molar-refractivity contribution in [2.45, 2.75) is 0 Å². The molecule has 0 radical (unpaired) electrons. The molecule has 0 heterocycles. The lowest BCUT2D eigenvalue weighted by Crippen LogP contribution is -2.29. The first-order valence-corrected chi connectivity index (χ1v) is 7.90. The van der Waals surface area contributed by atoms with E-state index in [2.05, 4.69) is 4.90 Å². The van der Waals surface area contributed by atoms with Gasteiger partial charge in [0, 0.05) is 41.7 Å². The Hall–Kier alpha value is -1.51. The molecule has 0 saturated heterocycles. The zero-order chi connectivity index (χ0) is 15.1. The van der Waals surface area contributed by atoms with Crippen molar-refractivity contribution in [2.75, 3.05) is 29.7 Å². The van der Waals surface area contributed by atoms with Gasteiger partial charge in [-0.3, -0.25) is 4.79 Å². The highest BCUT2D eigenvalue weighted by Gasteiger charge is 2.16. The molecule has 2 aromatic carbocycles. The minimum atomic E-state index is 0.0142. The molecule has 4 heteroatoms. The zero-order valence-electron chi connectivity index (χ0n) is 11.6. The average molecular weight is 322 g/mol. The highest BCUT2D eigenvalue weighted by atomic mass is 35.5. The van der Waals surface area contributed by atoms with E-state index in [4.69, 9.17) is 23.2 Å². The van der Waals surface area contributed by atoms with Gasteiger partial charge in [-0.25, -0.2) is 0 Å². The molecule has 110 valence electrons. The van der Waals surface area contributed by atoms with Crippen LogP contribution in [-0.4, -0.2) is 30.6 Å². The number of nitrogens with zero attached hydrogens (tertiary/aromatic N) is 1. The highest BCUT2D eigenvalue weighted by molar-refractivity contribution is 6.19. The van der Waals surface area contributed by atoms with Crippen LogP contribution in [0.1, 0.15) is 15.9 Å². The van der Waals surface area contributed by atoms with Crippen molar-refractivity contribution in [1.29, 1.82) is 0 Å². The number of benzene rings is 2. The number of hydrogen-bond donors (Lipinski definition) is 0. The quantitative estimate of drug-likeness (QED) is 0.562. The lowest BCUT2D eigenvalue weighted by atomic mass is 10.0. The van der Waals surface area contributed by atoms with Crippen LogP contribution in [0.2, 0.25) is 0 Å². The summed E-state index contributed by atoms with van der Waals surface area (Å²) in [6.45, 7) is 1.32. The first-order chi connectivity index (χ1) is 10.3. The van der Waals surface area contributed by atoms with Gasteiger partial charge in [0.15, 0.2) is 5.78 Å². The van der Waals surface area contributed by atoms with Crippen LogP contribution in [-0.2, 0) is 0 Å². The van der Waals surface area contributed by atoms with E-state index in [0.717, 1.165) is 5.69 Å². The molecule has 2 aromatic rings. The van der Waals surface area contributed by atoms with Gasteiger partial charge in [0.2, 0.25) is 0 Å². The Bertz CT molecular complexity index is 580. The molecule has 0 N–H and O–H groups in total. The molecule has 0 aliphatic heterocycles. The van der Waals surface area contributed by atoms with Crippen molar-refractivity contribution >= 4 is 34.7 Å². The van der Waals surface area contributed by atoms with Gasteiger partial charge in [0.25, 0.3) is 0 Å². The third-order valence-electron chi connectivity index (χ3n) is 3.23. The van der Waals surface area contributed by atoms with Crippen LogP contribution >= 0.6 is 23.2 Å². The Morgan fingerprint density at radius 3 is 2.05 bits per heavy atom. The fourth-order valence-electron chi connectivity index (χ4n) is 2.24. The predicted octanol–water partition coefficient (Wildman–Crippen LogP) is 4.20. The fraction of sp³-hybridized carbons (Fsp3) is 0.235. The van der Waals surface area contributed by atoms with Gasteiger partial charge < -0.3 is 4.90 Å². The number of carbonyl (C=O) groups is 1. The van der Waals surface area contributed by atoms with Crippen molar-refractivity contribution in [3.05, 3.63) is 65.7 Å². The van der Waals surface area contributed by atoms with Crippen LogP contribution in [0.4, 0.5) is 5.69 Å². The summed E-state index contributed by atoms with van der Waals surface area (Å²) >= 11 is 11.7. The largest absolute Gasteiger partial charge is 0.369 e. The average Bonchev–Trinajstić information content (AvgIpc) is 2.55. The Balaban J connectivity index is 2.38. The lowest BCUT2D eigenvalue weighted by Gasteiger charge is -2.25. The topological polar surface area (TPSA) is 20.3 Å².